The third kappa shape index (κ3) is 4.83. The second-order valence-corrected chi connectivity index (χ2v) is 5.45. The first-order valence-electron chi connectivity index (χ1n) is 6.41. The van der Waals surface area contributed by atoms with Crippen LogP contribution in [0.1, 0.15) is 19.3 Å². The lowest BCUT2D eigenvalue weighted by Crippen LogP contribution is -2.44. The monoisotopic (exact) mass is 309 g/mol. The zero-order chi connectivity index (χ0) is 14.4. The average molecular weight is 310 g/mol. The number of nitrogens with one attached hydrogen (secondary N) is 3. The van der Waals surface area contributed by atoms with E-state index in [1.165, 1.54) is 0 Å². The molecule has 106 valence electrons. The van der Waals surface area contributed by atoms with Crippen molar-refractivity contribution in [2.45, 2.75) is 19.3 Å². The number of carbonyl (C=O) groups excluding carboxylic acids is 1. The summed E-state index contributed by atoms with van der Waals surface area (Å²) in [7, 11) is 0. The van der Waals surface area contributed by atoms with Gasteiger partial charge in [0.1, 0.15) is 0 Å². The summed E-state index contributed by atoms with van der Waals surface area (Å²) in [4.78, 5) is 11.7. The minimum atomic E-state index is -0.0724. The van der Waals surface area contributed by atoms with Gasteiger partial charge in [-0.3, -0.25) is 15.6 Å². The SMILES string of the molecule is O=C(C[C@H]1C=CCC1)NNC(=S)Nc1cccc(Cl)c1. The van der Waals surface area contributed by atoms with Crippen LogP contribution >= 0.6 is 23.8 Å². The van der Waals surface area contributed by atoms with E-state index in [0.717, 1.165) is 18.5 Å². The van der Waals surface area contributed by atoms with E-state index < -0.39 is 0 Å². The van der Waals surface area contributed by atoms with Crippen LogP contribution in [0.15, 0.2) is 36.4 Å². The van der Waals surface area contributed by atoms with Gasteiger partial charge in [-0.05, 0) is 49.2 Å². The first-order valence-corrected chi connectivity index (χ1v) is 7.20. The summed E-state index contributed by atoms with van der Waals surface area (Å²) in [6.45, 7) is 0. The van der Waals surface area contributed by atoms with E-state index in [1.54, 1.807) is 12.1 Å². The Labute approximate surface area is 128 Å². The van der Waals surface area contributed by atoms with Gasteiger partial charge in [-0.15, -0.1) is 0 Å². The maximum absolute atomic E-state index is 11.7. The number of benzene rings is 1. The van der Waals surface area contributed by atoms with E-state index >= 15 is 0 Å². The molecule has 3 N–H and O–H groups in total. The highest BCUT2D eigenvalue weighted by Crippen LogP contribution is 2.19. The highest BCUT2D eigenvalue weighted by Gasteiger charge is 2.13. The van der Waals surface area contributed by atoms with Crippen molar-refractivity contribution in [3.8, 4) is 0 Å². The average Bonchev–Trinajstić information content (AvgIpc) is 2.89. The first-order chi connectivity index (χ1) is 9.63. The van der Waals surface area contributed by atoms with Gasteiger partial charge in [-0.1, -0.05) is 29.8 Å². The molecule has 0 saturated heterocycles. The molecule has 0 aromatic heterocycles. The van der Waals surface area contributed by atoms with Gasteiger partial charge in [0, 0.05) is 17.1 Å². The normalized spacial score (nSPS) is 16.8. The molecule has 0 fully saturated rings. The lowest BCUT2D eigenvalue weighted by Gasteiger charge is -2.13. The topological polar surface area (TPSA) is 53.2 Å². The van der Waals surface area contributed by atoms with Crippen molar-refractivity contribution in [3.05, 3.63) is 41.4 Å². The van der Waals surface area contributed by atoms with Crippen LogP contribution in [0.25, 0.3) is 0 Å². The molecule has 20 heavy (non-hydrogen) atoms. The minimum Gasteiger partial charge on any atom is -0.331 e. The number of hydrogen-bond donors (Lipinski definition) is 3. The fourth-order valence-electron chi connectivity index (χ4n) is 2.01. The van der Waals surface area contributed by atoms with Crippen molar-refractivity contribution in [3.63, 3.8) is 0 Å². The highest BCUT2D eigenvalue weighted by atomic mass is 35.5. The largest absolute Gasteiger partial charge is 0.331 e. The zero-order valence-electron chi connectivity index (χ0n) is 10.9. The van der Waals surface area contributed by atoms with Gasteiger partial charge in [0.05, 0.1) is 0 Å². The van der Waals surface area contributed by atoms with Gasteiger partial charge in [0.25, 0.3) is 0 Å². The number of anilines is 1. The van der Waals surface area contributed by atoms with Crippen molar-refractivity contribution in [2.24, 2.45) is 5.92 Å². The van der Waals surface area contributed by atoms with Gasteiger partial charge in [-0.25, -0.2) is 0 Å². The molecule has 1 aromatic rings. The van der Waals surface area contributed by atoms with Crippen LogP contribution in [0.4, 0.5) is 5.69 Å². The summed E-state index contributed by atoms with van der Waals surface area (Å²) in [5, 5.41) is 3.88. The smallest absolute Gasteiger partial charge is 0.238 e. The highest BCUT2D eigenvalue weighted by molar-refractivity contribution is 7.80. The second kappa shape index (κ2) is 7.26. The van der Waals surface area contributed by atoms with Crippen LogP contribution in [-0.2, 0) is 4.79 Å². The van der Waals surface area contributed by atoms with Gasteiger partial charge < -0.3 is 5.32 Å². The molecule has 0 heterocycles. The van der Waals surface area contributed by atoms with Gasteiger partial charge in [0.2, 0.25) is 5.91 Å². The van der Waals surface area contributed by atoms with Crippen molar-refractivity contribution in [1.29, 1.82) is 0 Å². The third-order valence-electron chi connectivity index (χ3n) is 2.96. The Morgan fingerprint density at radius 2 is 2.25 bits per heavy atom. The predicted molar refractivity (Wildman–Crippen MR) is 85.4 cm³/mol. The van der Waals surface area contributed by atoms with Crippen molar-refractivity contribution in [2.75, 3.05) is 5.32 Å². The number of amides is 1. The van der Waals surface area contributed by atoms with E-state index in [9.17, 15) is 4.79 Å². The first kappa shape index (κ1) is 14.8. The molecule has 1 aliphatic carbocycles. The van der Waals surface area contributed by atoms with Gasteiger partial charge in [-0.2, -0.15) is 0 Å². The van der Waals surface area contributed by atoms with Crippen LogP contribution in [0.5, 0.6) is 0 Å². The van der Waals surface area contributed by atoms with Crippen LogP contribution in [-0.4, -0.2) is 11.0 Å². The lowest BCUT2D eigenvalue weighted by molar-refractivity contribution is -0.122. The molecule has 6 heteroatoms. The van der Waals surface area contributed by atoms with Gasteiger partial charge >= 0.3 is 0 Å². The second-order valence-electron chi connectivity index (χ2n) is 4.61. The number of rotatable bonds is 3. The summed E-state index contributed by atoms with van der Waals surface area (Å²) >= 11 is 11.0. The van der Waals surface area contributed by atoms with Crippen molar-refractivity contribution < 1.29 is 4.79 Å². The number of carbonyl (C=O) groups is 1. The van der Waals surface area contributed by atoms with Crippen molar-refractivity contribution in [1.82, 2.24) is 10.9 Å². The van der Waals surface area contributed by atoms with Crippen LogP contribution in [0.3, 0.4) is 0 Å². The molecule has 0 spiro atoms. The van der Waals surface area contributed by atoms with Crippen molar-refractivity contribution >= 4 is 40.5 Å². The summed E-state index contributed by atoms with van der Waals surface area (Å²) in [6.07, 6.45) is 6.76. The molecule has 1 aromatic carbocycles. The Balaban J connectivity index is 1.71. The molecule has 1 aliphatic rings. The molecule has 1 amide bonds. The van der Waals surface area contributed by atoms with E-state index in [2.05, 4.69) is 28.3 Å². The Hall–Kier alpha value is -1.59. The minimum absolute atomic E-state index is 0.0724. The molecular formula is C14H16ClN3OS. The predicted octanol–water partition coefficient (Wildman–Crippen LogP) is 3.01. The molecule has 0 aliphatic heterocycles. The fraction of sp³-hybridized carbons (Fsp3) is 0.286. The number of allylic oxidation sites excluding steroid dienone is 2. The van der Waals surface area contributed by atoms with Crippen LogP contribution in [0, 0.1) is 5.92 Å². The zero-order valence-corrected chi connectivity index (χ0v) is 12.4. The quantitative estimate of drug-likeness (QED) is 0.456. The van der Waals surface area contributed by atoms with E-state index in [0.29, 0.717) is 22.5 Å². The van der Waals surface area contributed by atoms with Crippen LogP contribution in [0.2, 0.25) is 5.02 Å². The number of halogens is 1. The summed E-state index contributed by atoms with van der Waals surface area (Å²) in [5.41, 5.74) is 6.03. The fourth-order valence-corrected chi connectivity index (χ4v) is 2.37. The molecule has 0 unspecified atom stereocenters. The Kier molecular flexibility index (Phi) is 5.38. The summed E-state index contributed by atoms with van der Waals surface area (Å²) in [6, 6.07) is 7.18. The molecule has 2 rings (SSSR count). The Morgan fingerprint density at radius 3 is 2.95 bits per heavy atom. The van der Waals surface area contributed by atoms with Gasteiger partial charge in [0.15, 0.2) is 5.11 Å². The number of thiocarbonyl (C=S) groups is 1. The summed E-state index contributed by atoms with van der Waals surface area (Å²) in [5.74, 6) is 0.267. The lowest BCUT2D eigenvalue weighted by atomic mass is 10.1. The molecule has 1 atom stereocenters. The maximum atomic E-state index is 11.7. The molecule has 0 bridgehead atoms. The number of hydrogen-bond acceptors (Lipinski definition) is 2. The Bertz CT molecular complexity index is 533. The standard InChI is InChI=1S/C14H16ClN3OS/c15-11-6-3-7-12(9-11)16-14(20)18-17-13(19)8-10-4-1-2-5-10/h1,3-4,6-7,9-10H,2,5,8H2,(H,17,19)(H2,16,18,20)/t10-/m0/s1. The van der Waals surface area contributed by atoms with E-state index in [1.807, 2.05) is 12.1 Å². The van der Waals surface area contributed by atoms with Crippen LogP contribution < -0.4 is 16.2 Å². The Morgan fingerprint density at radius 1 is 1.40 bits per heavy atom. The molecule has 4 nitrogen and oxygen atoms in total. The molecular weight excluding hydrogens is 294 g/mol. The van der Waals surface area contributed by atoms with E-state index in [-0.39, 0.29) is 5.91 Å². The number of hydrazine groups is 1. The summed E-state index contributed by atoms with van der Waals surface area (Å²) < 4.78 is 0. The molecule has 0 saturated carbocycles. The third-order valence-corrected chi connectivity index (χ3v) is 3.40. The molecule has 0 radical (unpaired) electrons. The maximum Gasteiger partial charge on any atom is 0.238 e. The van der Waals surface area contributed by atoms with E-state index in [4.69, 9.17) is 23.8 Å².